The second-order valence-electron chi connectivity index (χ2n) is 2.37. The molecule has 0 aliphatic heterocycles. The Morgan fingerprint density at radius 1 is 1.50 bits per heavy atom. The molecule has 0 aromatic rings. The maximum atomic E-state index is 10.2. The summed E-state index contributed by atoms with van der Waals surface area (Å²) in [6.45, 7) is -0.0102. The fraction of sp³-hybridized carbons (Fsp3) is 1.00. The molecule has 1 atom stereocenters. The molecule has 0 aliphatic carbocycles. The van der Waals surface area contributed by atoms with Gasteiger partial charge >= 0.3 is 78.1 Å². The first-order chi connectivity index (χ1) is 4.45. The predicted octanol–water partition coefficient (Wildman–Crippen LogP) is -0.786. The summed E-state index contributed by atoms with van der Waals surface area (Å²) in [6, 6.07) is 0. The molecule has 0 radical (unpaired) electrons. The summed E-state index contributed by atoms with van der Waals surface area (Å²) in [7, 11) is -3.82. The first-order valence-corrected chi connectivity index (χ1v) is 5.78. The van der Waals surface area contributed by atoms with E-state index in [9.17, 15) is 8.42 Å². The summed E-state index contributed by atoms with van der Waals surface area (Å²) in [5, 5.41) is 8.38. The van der Waals surface area contributed by atoms with E-state index in [1.54, 1.807) is 0 Å². The van der Waals surface area contributed by atoms with Crippen LogP contribution in [0, 0.1) is 0 Å². The van der Waals surface area contributed by atoms with Crippen LogP contribution >= 0.6 is 0 Å². The Morgan fingerprint density at radius 3 is 2.30 bits per heavy atom. The first-order valence-electron chi connectivity index (χ1n) is 3.01. The third-order valence-electron chi connectivity index (χ3n) is 1.12. The van der Waals surface area contributed by atoms with Crippen LogP contribution in [0.1, 0.15) is 6.42 Å². The summed E-state index contributed by atoms with van der Waals surface area (Å²) in [5.74, 6) is -0.209. The van der Waals surface area contributed by atoms with Gasteiger partial charge in [-0.3, -0.25) is 0 Å². The Morgan fingerprint density at radius 2 is 2.00 bits per heavy atom. The molecule has 0 aliphatic rings. The Hall–Kier alpha value is 0.870. The van der Waals surface area contributed by atoms with Gasteiger partial charge in [0, 0.05) is 0 Å². The Kier molecular flexibility index (Phi) is 5.10. The van der Waals surface area contributed by atoms with Crippen molar-refractivity contribution in [1.82, 2.24) is 0 Å². The molecule has 0 saturated heterocycles. The van der Waals surface area contributed by atoms with Gasteiger partial charge in [0.1, 0.15) is 0 Å². The molecule has 0 aromatic heterocycles. The third-order valence-corrected chi connectivity index (χ3v) is 3.68. The van der Waals surface area contributed by atoms with Crippen LogP contribution in [0.4, 0.5) is 0 Å². The molecule has 0 saturated carbocycles. The van der Waals surface area contributed by atoms with Crippen molar-refractivity contribution in [1.29, 1.82) is 0 Å². The maximum absolute atomic E-state index is 10.2. The first kappa shape index (κ1) is 10.9. The molecule has 4 nitrogen and oxygen atoms in total. The molecule has 1 unspecified atom stereocenters. The van der Waals surface area contributed by atoms with E-state index in [4.69, 9.17) is 9.66 Å². The molecule has 0 aromatic carbocycles. The Labute approximate surface area is 77.8 Å². The normalized spacial score (nSPS) is 15.2. The van der Waals surface area contributed by atoms with Crippen LogP contribution < -0.4 is 0 Å². The molecule has 0 bridgehead atoms. The molecular weight excluding hydrogens is 167 g/mol. The van der Waals surface area contributed by atoms with E-state index in [2.05, 4.69) is 0 Å². The van der Waals surface area contributed by atoms with Gasteiger partial charge in [0.05, 0.1) is 0 Å². The van der Waals surface area contributed by atoms with Gasteiger partial charge in [0.2, 0.25) is 0 Å². The van der Waals surface area contributed by atoms with Crippen molar-refractivity contribution in [2.24, 2.45) is 0 Å². The molecule has 0 spiro atoms. The number of aliphatic hydroxyl groups excluding tert-OH is 1. The van der Waals surface area contributed by atoms with Crippen LogP contribution in [0.15, 0.2) is 0 Å². The second-order valence-corrected chi connectivity index (χ2v) is 5.50. The Balaban J connectivity index is 3.69. The van der Waals surface area contributed by atoms with Crippen molar-refractivity contribution >= 4 is 38.0 Å². The summed E-state index contributed by atoms with van der Waals surface area (Å²) < 4.78 is 28.7. The van der Waals surface area contributed by atoms with Crippen molar-refractivity contribution in [3.05, 3.63) is 0 Å². The van der Waals surface area contributed by atoms with Gasteiger partial charge in [-0.2, -0.15) is 0 Å². The molecule has 0 fully saturated rings. The molecular formula is C4H9NaO4S. The monoisotopic (exact) mass is 176 g/mol. The number of hydrogen-bond acceptors (Lipinski definition) is 3. The number of rotatable bonds is 4. The van der Waals surface area contributed by atoms with Crippen molar-refractivity contribution in [3.8, 4) is 0 Å². The van der Waals surface area contributed by atoms with Gasteiger partial charge in [-0.15, -0.1) is 0 Å². The van der Waals surface area contributed by atoms with Crippen LogP contribution in [0.25, 0.3) is 0 Å². The van der Waals surface area contributed by atoms with Gasteiger partial charge in [-0.05, 0) is 0 Å². The predicted molar refractivity (Wildman–Crippen MR) is 37.6 cm³/mol. The van der Waals surface area contributed by atoms with Crippen LogP contribution in [0.5, 0.6) is 0 Å². The van der Waals surface area contributed by atoms with Crippen molar-refractivity contribution in [2.75, 3.05) is 12.4 Å². The quantitative estimate of drug-likeness (QED) is 0.435. The standard InChI is InChI=1S/C4H9O4S.Na/c5-3-1-2-4-9(6,7)8;/h2,5H,1,3-4H2,(H,6,7,8);. The van der Waals surface area contributed by atoms with E-state index >= 15 is 0 Å². The Bertz CT molecular complexity index is 176. The van der Waals surface area contributed by atoms with Crippen LogP contribution in [0.2, 0.25) is 3.17 Å². The number of aliphatic hydroxyl groups is 1. The number of hydrogen-bond donors (Lipinski definition) is 2. The van der Waals surface area contributed by atoms with Gasteiger partial charge in [-0.1, -0.05) is 0 Å². The molecule has 2 N–H and O–H groups in total. The van der Waals surface area contributed by atoms with E-state index in [0.29, 0.717) is 34.4 Å². The fourth-order valence-electron chi connectivity index (χ4n) is 0.663. The molecule has 0 rings (SSSR count). The summed E-state index contributed by atoms with van der Waals surface area (Å²) in [4.78, 5) is 0. The van der Waals surface area contributed by atoms with Crippen LogP contribution in [0.3, 0.4) is 0 Å². The van der Waals surface area contributed by atoms with E-state index < -0.39 is 10.1 Å². The van der Waals surface area contributed by atoms with Crippen LogP contribution in [-0.2, 0) is 10.1 Å². The second kappa shape index (κ2) is 4.69. The van der Waals surface area contributed by atoms with E-state index in [0.717, 1.165) is 0 Å². The van der Waals surface area contributed by atoms with Gasteiger partial charge < -0.3 is 0 Å². The molecule has 0 heterocycles. The van der Waals surface area contributed by atoms with Gasteiger partial charge in [-0.25, -0.2) is 0 Å². The summed E-state index contributed by atoms with van der Waals surface area (Å²) in [6.07, 6.45) is 0.464. The zero-order chi connectivity index (χ0) is 8.20. The molecule has 56 valence electrons. The average Bonchev–Trinajstić information content (AvgIpc) is 1.59. The van der Waals surface area contributed by atoms with Gasteiger partial charge in [0.15, 0.2) is 0 Å². The zero-order valence-corrected chi connectivity index (χ0v) is 8.63. The van der Waals surface area contributed by atoms with Crippen LogP contribution in [-0.4, -0.2) is 58.4 Å². The van der Waals surface area contributed by atoms with Crippen molar-refractivity contribution in [2.45, 2.75) is 9.59 Å². The topological polar surface area (TPSA) is 74.6 Å². The molecule has 6 heteroatoms. The fourth-order valence-corrected chi connectivity index (χ4v) is 3.07. The molecule has 0 amide bonds. The van der Waals surface area contributed by atoms with Crippen molar-refractivity contribution < 1.29 is 18.1 Å². The van der Waals surface area contributed by atoms with Crippen molar-refractivity contribution in [3.63, 3.8) is 0 Å². The van der Waals surface area contributed by atoms with E-state index in [1.165, 1.54) is 0 Å². The SMILES string of the molecule is O=S(=O)(O)C[CH]([Na])CCO. The summed E-state index contributed by atoms with van der Waals surface area (Å²) >= 11 is 0.681. The van der Waals surface area contributed by atoms with E-state index in [-0.39, 0.29) is 15.5 Å². The third kappa shape index (κ3) is 6.98. The summed E-state index contributed by atoms with van der Waals surface area (Å²) in [5.41, 5.74) is 0. The molecule has 10 heavy (non-hydrogen) atoms. The van der Waals surface area contributed by atoms with Gasteiger partial charge in [0.25, 0.3) is 0 Å². The average molecular weight is 176 g/mol. The van der Waals surface area contributed by atoms with E-state index in [1.807, 2.05) is 0 Å². The zero-order valence-electron chi connectivity index (χ0n) is 5.82. The minimum atomic E-state index is -3.82. The minimum absolute atomic E-state index is 0.0102.